The summed E-state index contributed by atoms with van der Waals surface area (Å²) in [7, 11) is 0. The minimum atomic E-state index is -0.598. The first-order valence-corrected chi connectivity index (χ1v) is 23.1. The van der Waals surface area contributed by atoms with E-state index in [-0.39, 0.29) is 25.2 Å². The summed E-state index contributed by atoms with van der Waals surface area (Å²) in [6, 6.07) is 0. The third-order valence-corrected chi connectivity index (χ3v) is 8.98. The monoisotopic (exact) mass is 801 g/mol. The molecule has 0 saturated carbocycles. The zero-order chi connectivity index (χ0) is 42.1. The van der Waals surface area contributed by atoms with E-state index in [1.807, 2.05) is 6.08 Å². The average Bonchev–Trinajstić information content (AvgIpc) is 3.22. The molecule has 0 aliphatic rings. The molecule has 0 aromatic heterocycles. The van der Waals surface area contributed by atoms with E-state index in [1.54, 1.807) is 0 Å². The molecule has 5 heteroatoms. The Morgan fingerprint density at radius 3 is 1.33 bits per heavy atom. The second kappa shape index (κ2) is 47.7. The molecule has 0 N–H and O–H groups in total. The Labute approximate surface area is 356 Å². The number of unbranched alkanes of at least 4 members (excludes halogenated alkanes) is 9. The van der Waals surface area contributed by atoms with E-state index >= 15 is 0 Å². The van der Waals surface area contributed by atoms with Crippen LogP contribution in [-0.2, 0) is 23.8 Å². The maximum atomic E-state index is 12.7. The molecule has 326 valence electrons. The molecule has 0 aromatic carbocycles. The van der Waals surface area contributed by atoms with Gasteiger partial charge >= 0.3 is 11.9 Å². The molecule has 0 amide bonds. The van der Waals surface area contributed by atoms with Crippen LogP contribution in [0.4, 0.5) is 0 Å². The number of carbonyl (C=O) groups excluding carboxylic acids is 2. The Balaban J connectivity index is 4.46. The molecule has 58 heavy (non-hydrogen) atoms. The zero-order valence-electron chi connectivity index (χ0n) is 37.3. The lowest BCUT2D eigenvalue weighted by molar-refractivity contribution is -0.162. The average molecular weight is 801 g/mol. The third-order valence-electron chi connectivity index (χ3n) is 8.98. The molecule has 0 radical (unpaired) electrons. The van der Waals surface area contributed by atoms with Crippen LogP contribution in [0.5, 0.6) is 0 Å². The van der Waals surface area contributed by atoms with Gasteiger partial charge in [0.25, 0.3) is 0 Å². The van der Waals surface area contributed by atoms with Crippen molar-refractivity contribution in [2.75, 3.05) is 19.8 Å². The molecule has 1 atom stereocenters. The van der Waals surface area contributed by atoms with Gasteiger partial charge in [-0.1, -0.05) is 174 Å². The lowest BCUT2D eigenvalue weighted by atomic mass is 10.1. The van der Waals surface area contributed by atoms with Gasteiger partial charge < -0.3 is 14.2 Å². The van der Waals surface area contributed by atoms with Gasteiger partial charge in [0.1, 0.15) is 6.61 Å². The molecule has 0 fully saturated rings. The highest BCUT2D eigenvalue weighted by Gasteiger charge is 2.17. The quantitative estimate of drug-likeness (QED) is 0.0351. The van der Waals surface area contributed by atoms with Crippen LogP contribution in [-0.4, -0.2) is 37.9 Å². The van der Waals surface area contributed by atoms with Crippen LogP contribution in [0.15, 0.2) is 122 Å². The fraction of sp³-hybridized carbons (Fsp3) is 0.585. The first-order chi connectivity index (χ1) is 28.6. The van der Waals surface area contributed by atoms with Gasteiger partial charge in [-0.2, -0.15) is 0 Å². The van der Waals surface area contributed by atoms with Crippen molar-refractivity contribution in [1.82, 2.24) is 0 Å². The van der Waals surface area contributed by atoms with Gasteiger partial charge in [0.2, 0.25) is 0 Å². The van der Waals surface area contributed by atoms with Crippen molar-refractivity contribution in [2.45, 2.75) is 181 Å². The summed E-state index contributed by atoms with van der Waals surface area (Å²) in [6.07, 6.45) is 66.5. The molecule has 1 unspecified atom stereocenters. The van der Waals surface area contributed by atoms with Gasteiger partial charge in [0.05, 0.1) is 6.61 Å². The SMILES string of the molecule is CC/C=C\C/C=C\C/C=C\C/C=C\C/C=C\CCCCOCC(COC(=O)CC/C=C\C/C=C\C/C=C\C/C=C\CC)OC(=O)CCCCCCC/C=C\CCCC. The number of esters is 2. The topological polar surface area (TPSA) is 61.8 Å². The zero-order valence-corrected chi connectivity index (χ0v) is 37.3. The highest BCUT2D eigenvalue weighted by atomic mass is 16.6. The van der Waals surface area contributed by atoms with E-state index in [2.05, 4.69) is 136 Å². The lowest BCUT2D eigenvalue weighted by Gasteiger charge is -2.18. The van der Waals surface area contributed by atoms with Crippen LogP contribution in [0, 0.1) is 0 Å². The molecule has 0 aliphatic carbocycles. The number of hydrogen-bond acceptors (Lipinski definition) is 5. The third kappa shape index (κ3) is 45.0. The van der Waals surface area contributed by atoms with Crippen molar-refractivity contribution < 1.29 is 23.8 Å². The normalized spacial score (nSPS) is 13.4. The summed E-state index contributed by atoms with van der Waals surface area (Å²) >= 11 is 0. The Morgan fingerprint density at radius 2 is 0.810 bits per heavy atom. The minimum absolute atomic E-state index is 0.0184. The maximum Gasteiger partial charge on any atom is 0.306 e. The Hall–Kier alpha value is -3.70. The summed E-state index contributed by atoms with van der Waals surface area (Å²) in [5.74, 6) is -0.539. The fourth-order valence-corrected chi connectivity index (χ4v) is 5.59. The van der Waals surface area contributed by atoms with Gasteiger partial charge in [-0.3, -0.25) is 9.59 Å². The Morgan fingerprint density at radius 1 is 0.397 bits per heavy atom. The molecule has 5 nitrogen and oxygen atoms in total. The van der Waals surface area contributed by atoms with E-state index in [1.165, 1.54) is 32.1 Å². The van der Waals surface area contributed by atoms with E-state index < -0.39 is 6.10 Å². The molecular weight excluding hydrogens is 717 g/mol. The molecule has 0 spiro atoms. The van der Waals surface area contributed by atoms with Crippen LogP contribution in [0.3, 0.4) is 0 Å². The van der Waals surface area contributed by atoms with Gasteiger partial charge in [0.15, 0.2) is 6.10 Å². The van der Waals surface area contributed by atoms with Crippen molar-refractivity contribution in [3.8, 4) is 0 Å². The van der Waals surface area contributed by atoms with Crippen molar-refractivity contribution in [2.24, 2.45) is 0 Å². The predicted octanol–water partition coefficient (Wildman–Crippen LogP) is 15.4. The van der Waals surface area contributed by atoms with Crippen LogP contribution in [0.25, 0.3) is 0 Å². The molecule has 0 saturated heterocycles. The second-order valence-corrected chi connectivity index (χ2v) is 14.5. The van der Waals surface area contributed by atoms with E-state index in [0.717, 1.165) is 103 Å². The summed E-state index contributed by atoms with van der Waals surface area (Å²) in [5.41, 5.74) is 0. The number of carbonyl (C=O) groups is 2. The minimum Gasteiger partial charge on any atom is -0.462 e. The Kier molecular flexibility index (Phi) is 44.6. The van der Waals surface area contributed by atoms with Gasteiger partial charge in [-0.15, -0.1) is 0 Å². The number of allylic oxidation sites excluding steroid dienone is 20. The van der Waals surface area contributed by atoms with Gasteiger partial charge in [-0.05, 0) is 109 Å². The van der Waals surface area contributed by atoms with Crippen LogP contribution >= 0.6 is 0 Å². The summed E-state index contributed by atoms with van der Waals surface area (Å²) in [6.45, 7) is 7.34. The van der Waals surface area contributed by atoms with Crippen molar-refractivity contribution in [1.29, 1.82) is 0 Å². The summed E-state index contributed by atoms with van der Waals surface area (Å²) < 4.78 is 17.2. The number of hydrogen-bond donors (Lipinski definition) is 0. The van der Waals surface area contributed by atoms with Crippen molar-refractivity contribution >= 4 is 11.9 Å². The largest absolute Gasteiger partial charge is 0.462 e. The standard InChI is InChI=1S/C53H84O5/c1-4-7-10-13-16-19-22-24-25-26-27-28-30-33-36-39-42-45-48-56-49-51(58-53(55)47-44-41-38-35-31-21-18-15-12-9-6-3)50-57-52(54)46-43-40-37-34-32-29-23-20-17-14-11-8-5-2/h7-8,10-11,15-20,24-25,27-29,32-33,36-37,40,51H,4-6,9,12-14,21-23,26,30-31,34-35,38-39,41-50H2,1-3H3/b10-7-,11-8-,18-15-,19-16-,20-17-,25-24-,28-27-,32-29-,36-33-,40-37-. The smallest absolute Gasteiger partial charge is 0.306 e. The molecule has 0 rings (SSSR count). The van der Waals surface area contributed by atoms with E-state index in [4.69, 9.17) is 14.2 Å². The molecular formula is C53H84O5. The highest BCUT2D eigenvalue weighted by molar-refractivity contribution is 5.70. The van der Waals surface area contributed by atoms with Crippen molar-refractivity contribution in [3.63, 3.8) is 0 Å². The summed E-state index contributed by atoms with van der Waals surface area (Å²) in [4.78, 5) is 25.2. The lowest BCUT2D eigenvalue weighted by Crippen LogP contribution is -2.30. The Bertz CT molecular complexity index is 1220. The van der Waals surface area contributed by atoms with E-state index in [0.29, 0.717) is 25.9 Å². The highest BCUT2D eigenvalue weighted by Crippen LogP contribution is 2.11. The van der Waals surface area contributed by atoms with Crippen LogP contribution in [0.2, 0.25) is 0 Å². The van der Waals surface area contributed by atoms with Crippen molar-refractivity contribution in [3.05, 3.63) is 122 Å². The summed E-state index contributed by atoms with van der Waals surface area (Å²) in [5, 5.41) is 0. The van der Waals surface area contributed by atoms with Crippen LogP contribution < -0.4 is 0 Å². The second-order valence-electron chi connectivity index (χ2n) is 14.5. The first-order valence-electron chi connectivity index (χ1n) is 23.1. The van der Waals surface area contributed by atoms with Crippen LogP contribution in [0.1, 0.15) is 175 Å². The molecule has 0 heterocycles. The molecule has 0 aliphatic heterocycles. The fourth-order valence-electron chi connectivity index (χ4n) is 5.59. The molecule has 0 bridgehead atoms. The number of rotatable bonds is 40. The predicted molar refractivity (Wildman–Crippen MR) is 251 cm³/mol. The van der Waals surface area contributed by atoms with E-state index in [9.17, 15) is 9.59 Å². The molecule has 0 aromatic rings. The van der Waals surface area contributed by atoms with Gasteiger partial charge in [-0.25, -0.2) is 0 Å². The number of ether oxygens (including phenoxy) is 3. The maximum absolute atomic E-state index is 12.7. The first kappa shape index (κ1) is 54.3. The van der Waals surface area contributed by atoms with Gasteiger partial charge in [0, 0.05) is 19.4 Å².